The number of benzene rings is 3. The average molecular weight is 528 g/mol. The summed E-state index contributed by atoms with van der Waals surface area (Å²) in [5, 5.41) is 2.54. The second-order valence-electron chi connectivity index (χ2n) is 8.19. The monoisotopic (exact) mass is 527 g/mol. The highest BCUT2D eigenvalue weighted by molar-refractivity contribution is 7.92. The van der Waals surface area contributed by atoms with Crippen LogP contribution >= 0.6 is 0 Å². The summed E-state index contributed by atoms with van der Waals surface area (Å²) in [6, 6.07) is 18.9. The van der Waals surface area contributed by atoms with E-state index in [4.69, 9.17) is 4.74 Å². The third kappa shape index (κ3) is 6.85. The lowest BCUT2D eigenvalue weighted by molar-refractivity contribution is -0.139. The Labute approximate surface area is 216 Å². The van der Waals surface area contributed by atoms with Crippen molar-refractivity contribution in [1.82, 2.24) is 10.2 Å². The maximum absolute atomic E-state index is 13.7. The summed E-state index contributed by atoms with van der Waals surface area (Å²) in [5.41, 5.74) is 0.994. The summed E-state index contributed by atoms with van der Waals surface area (Å²) in [5.74, 6) is -1.02. The molecule has 37 heavy (non-hydrogen) atoms. The van der Waals surface area contributed by atoms with Crippen molar-refractivity contribution in [2.75, 3.05) is 24.5 Å². The molecule has 0 radical (unpaired) electrons. The van der Waals surface area contributed by atoms with Gasteiger partial charge in [0.05, 0.1) is 17.2 Å². The van der Waals surface area contributed by atoms with Gasteiger partial charge in [-0.1, -0.05) is 30.3 Å². The zero-order valence-electron chi connectivity index (χ0n) is 20.9. The quantitative estimate of drug-likeness (QED) is 0.411. The van der Waals surface area contributed by atoms with E-state index in [1.165, 1.54) is 24.1 Å². The number of sulfonamides is 1. The van der Waals surface area contributed by atoms with Gasteiger partial charge in [0, 0.05) is 13.6 Å². The Kier molecular flexibility index (Phi) is 9.24. The molecule has 10 heteroatoms. The number of hydrogen-bond donors (Lipinski definition) is 1. The number of ether oxygens (including phenoxy) is 1. The number of hydrogen-bond acceptors (Lipinski definition) is 5. The topological polar surface area (TPSA) is 96.0 Å². The molecule has 0 spiro atoms. The smallest absolute Gasteiger partial charge is 0.264 e. The van der Waals surface area contributed by atoms with Gasteiger partial charge >= 0.3 is 0 Å². The standard InChI is InChI=1S/C27H30FN3O5S/c1-4-36-24-14-12-23(13-15-24)31(37(34,35)25-16-10-22(28)11-17-25)19-26(32)30(20(2)27(33)29-3)18-21-8-6-5-7-9-21/h5-17,20H,4,18-19H2,1-3H3,(H,29,33)/t20-/m1/s1. The van der Waals surface area contributed by atoms with Crippen LogP contribution in [0.15, 0.2) is 83.8 Å². The third-order valence-electron chi connectivity index (χ3n) is 5.73. The molecule has 196 valence electrons. The predicted octanol–water partition coefficient (Wildman–Crippen LogP) is 3.58. The Morgan fingerprint density at radius 3 is 2.16 bits per heavy atom. The van der Waals surface area contributed by atoms with Gasteiger partial charge in [-0.3, -0.25) is 13.9 Å². The van der Waals surface area contributed by atoms with Crippen LogP contribution in [0.3, 0.4) is 0 Å². The summed E-state index contributed by atoms with van der Waals surface area (Å²) in [6.07, 6.45) is 0. The van der Waals surface area contributed by atoms with E-state index in [-0.39, 0.29) is 17.1 Å². The molecule has 0 fully saturated rings. The fourth-order valence-electron chi connectivity index (χ4n) is 3.71. The first kappa shape index (κ1) is 27.7. The molecule has 0 saturated heterocycles. The fourth-order valence-corrected chi connectivity index (χ4v) is 5.12. The van der Waals surface area contributed by atoms with Gasteiger partial charge in [0.15, 0.2) is 0 Å². The van der Waals surface area contributed by atoms with E-state index in [9.17, 15) is 22.4 Å². The van der Waals surface area contributed by atoms with E-state index in [1.807, 2.05) is 37.3 Å². The molecular weight excluding hydrogens is 497 g/mol. The second-order valence-corrected chi connectivity index (χ2v) is 10.1. The maximum atomic E-state index is 13.7. The van der Waals surface area contributed by atoms with E-state index in [1.54, 1.807) is 19.1 Å². The summed E-state index contributed by atoms with van der Waals surface area (Å²) in [6.45, 7) is 3.35. The molecule has 0 aliphatic heterocycles. The molecule has 3 aromatic carbocycles. The molecule has 0 aliphatic carbocycles. The average Bonchev–Trinajstić information content (AvgIpc) is 2.91. The Balaban J connectivity index is 2.02. The van der Waals surface area contributed by atoms with Crippen molar-refractivity contribution in [2.45, 2.75) is 31.3 Å². The molecule has 3 rings (SSSR count). The lowest BCUT2D eigenvalue weighted by Gasteiger charge is -2.31. The number of carbonyl (C=O) groups excluding carboxylic acids is 2. The summed E-state index contributed by atoms with van der Waals surface area (Å²) in [4.78, 5) is 27.3. The number of rotatable bonds is 11. The summed E-state index contributed by atoms with van der Waals surface area (Å²) < 4.78 is 47.2. The molecule has 0 unspecified atom stereocenters. The molecule has 0 bridgehead atoms. The first-order valence-corrected chi connectivity index (χ1v) is 13.2. The highest BCUT2D eigenvalue weighted by Gasteiger charge is 2.32. The van der Waals surface area contributed by atoms with E-state index < -0.39 is 40.2 Å². The van der Waals surface area contributed by atoms with Crippen molar-refractivity contribution < 1.29 is 27.1 Å². The van der Waals surface area contributed by atoms with Crippen molar-refractivity contribution >= 4 is 27.5 Å². The Morgan fingerprint density at radius 2 is 1.59 bits per heavy atom. The molecule has 3 aromatic rings. The lowest BCUT2D eigenvalue weighted by atomic mass is 10.1. The minimum absolute atomic E-state index is 0.0992. The number of nitrogens with zero attached hydrogens (tertiary/aromatic N) is 2. The largest absolute Gasteiger partial charge is 0.494 e. The van der Waals surface area contributed by atoms with Gasteiger partial charge in [0.25, 0.3) is 10.0 Å². The minimum atomic E-state index is -4.27. The normalized spacial score (nSPS) is 11.9. The van der Waals surface area contributed by atoms with Crippen LogP contribution in [-0.2, 0) is 26.2 Å². The van der Waals surface area contributed by atoms with Crippen LogP contribution in [0.4, 0.5) is 10.1 Å². The Morgan fingerprint density at radius 1 is 0.973 bits per heavy atom. The molecule has 8 nitrogen and oxygen atoms in total. The van der Waals surface area contributed by atoms with E-state index in [0.29, 0.717) is 12.4 Å². The van der Waals surface area contributed by atoms with E-state index in [2.05, 4.69) is 5.32 Å². The van der Waals surface area contributed by atoms with Gasteiger partial charge in [-0.05, 0) is 67.9 Å². The molecule has 0 aromatic heterocycles. The molecule has 1 N–H and O–H groups in total. The van der Waals surface area contributed by atoms with E-state index >= 15 is 0 Å². The van der Waals surface area contributed by atoms with Crippen LogP contribution in [0.2, 0.25) is 0 Å². The van der Waals surface area contributed by atoms with Crippen LogP contribution in [0, 0.1) is 5.82 Å². The van der Waals surface area contributed by atoms with Crippen molar-refractivity contribution in [3.63, 3.8) is 0 Å². The molecule has 2 amide bonds. The third-order valence-corrected chi connectivity index (χ3v) is 7.51. The number of halogens is 1. The van der Waals surface area contributed by atoms with Gasteiger partial charge in [0.2, 0.25) is 11.8 Å². The highest BCUT2D eigenvalue weighted by atomic mass is 32.2. The van der Waals surface area contributed by atoms with Crippen LogP contribution in [0.25, 0.3) is 0 Å². The van der Waals surface area contributed by atoms with Crippen molar-refractivity contribution in [3.8, 4) is 5.75 Å². The summed E-state index contributed by atoms with van der Waals surface area (Å²) in [7, 11) is -2.80. The molecule has 1 atom stereocenters. The minimum Gasteiger partial charge on any atom is -0.494 e. The number of anilines is 1. The van der Waals surface area contributed by atoms with Crippen molar-refractivity contribution in [3.05, 3.63) is 90.2 Å². The molecule has 0 saturated carbocycles. The van der Waals surface area contributed by atoms with Crippen LogP contribution in [0.5, 0.6) is 5.75 Å². The van der Waals surface area contributed by atoms with Crippen LogP contribution in [0.1, 0.15) is 19.4 Å². The van der Waals surface area contributed by atoms with Crippen molar-refractivity contribution in [2.24, 2.45) is 0 Å². The zero-order chi connectivity index (χ0) is 27.0. The Bertz CT molecular complexity index is 1300. The van der Waals surface area contributed by atoms with Gasteiger partial charge in [-0.15, -0.1) is 0 Å². The van der Waals surface area contributed by atoms with Gasteiger partial charge < -0.3 is 15.0 Å². The number of amides is 2. The molecular formula is C27H30FN3O5S. The number of nitrogens with one attached hydrogen (secondary N) is 1. The van der Waals surface area contributed by atoms with E-state index in [0.717, 1.165) is 34.1 Å². The van der Waals surface area contributed by atoms with Crippen LogP contribution < -0.4 is 14.4 Å². The molecule has 0 heterocycles. The molecule has 0 aliphatic rings. The van der Waals surface area contributed by atoms with Crippen molar-refractivity contribution in [1.29, 1.82) is 0 Å². The fraction of sp³-hybridized carbons (Fsp3) is 0.259. The first-order chi connectivity index (χ1) is 17.7. The second kappa shape index (κ2) is 12.4. The Hall–Kier alpha value is -3.92. The predicted molar refractivity (Wildman–Crippen MR) is 139 cm³/mol. The lowest BCUT2D eigenvalue weighted by Crippen LogP contribution is -2.50. The summed E-state index contributed by atoms with van der Waals surface area (Å²) >= 11 is 0. The number of carbonyl (C=O) groups is 2. The van der Waals surface area contributed by atoms with Gasteiger partial charge in [0.1, 0.15) is 24.2 Å². The zero-order valence-corrected chi connectivity index (χ0v) is 21.7. The highest BCUT2D eigenvalue weighted by Crippen LogP contribution is 2.27. The maximum Gasteiger partial charge on any atom is 0.264 e. The van der Waals surface area contributed by atoms with Gasteiger partial charge in [-0.2, -0.15) is 0 Å². The van der Waals surface area contributed by atoms with Gasteiger partial charge in [-0.25, -0.2) is 12.8 Å². The SMILES string of the molecule is CCOc1ccc(N(CC(=O)N(Cc2ccccc2)[C@H](C)C(=O)NC)S(=O)(=O)c2ccc(F)cc2)cc1. The number of likely N-dealkylation sites (N-methyl/N-ethyl adjacent to an activating group) is 1. The van der Waals surface area contributed by atoms with Crippen LogP contribution in [-0.4, -0.2) is 51.4 Å². The first-order valence-electron chi connectivity index (χ1n) is 11.7.